The van der Waals surface area contributed by atoms with Gasteiger partial charge in [0.05, 0.1) is 12.7 Å². The molecule has 1 atom stereocenters. The van der Waals surface area contributed by atoms with Crippen LogP contribution in [0, 0.1) is 0 Å². The molecule has 0 heterocycles. The van der Waals surface area contributed by atoms with Gasteiger partial charge in [-0.15, -0.1) is 0 Å². The van der Waals surface area contributed by atoms with E-state index in [-0.39, 0.29) is 6.10 Å². The molecule has 35 heavy (non-hydrogen) atoms. The number of hydrogen-bond acceptors (Lipinski definition) is 2. The van der Waals surface area contributed by atoms with Crippen molar-refractivity contribution in [3.05, 3.63) is 78.4 Å². The van der Waals surface area contributed by atoms with Crippen LogP contribution in [0.2, 0.25) is 0 Å². The van der Waals surface area contributed by atoms with Gasteiger partial charge in [0.1, 0.15) is 5.75 Å². The molecule has 0 bridgehead atoms. The standard InChI is InChI=1S/C33H44O2/c1-4-6-8-9-10-14-25-34-27(3)28-17-19-29(20-18-28)32-15-11-12-16-33(32)30-21-23-31(24-22-30)35-26-13-7-5-2/h11-12,15-24,27H,4-10,13-14,25-26H2,1-3H3. The van der Waals surface area contributed by atoms with Crippen molar-refractivity contribution >= 4 is 0 Å². The number of unbranched alkanes of at least 4 members (excludes halogenated alkanes) is 7. The molecule has 0 amide bonds. The fourth-order valence-corrected chi connectivity index (χ4v) is 4.43. The molecule has 3 aromatic rings. The Labute approximate surface area is 213 Å². The third-order valence-electron chi connectivity index (χ3n) is 6.67. The van der Waals surface area contributed by atoms with Crippen molar-refractivity contribution in [3.8, 4) is 28.0 Å². The lowest BCUT2D eigenvalue weighted by Gasteiger charge is -2.15. The van der Waals surface area contributed by atoms with E-state index < -0.39 is 0 Å². The van der Waals surface area contributed by atoms with Gasteiger partial charge in [-0.2, -0.15) is 0 Å². The highest BCUT2D eigenvalue weighted by molar-refractivity contribution is 5.83. The van der Waals surface area contributed by atoms with Gasteiger partial charge in [-0.3, -0.25) is 0 Å². The summed E-state index contributed by atoms with van der Waals surface area (Å²) in [6, 6.07) is 26.0. The summed E-state index contributed by atoms with van der Waals surface area (Å²) in [7, 11) is 0. The monoisotopic (exact) mass is 472 g/mol. The van der Waals surface area contributed by atoms with E-state index in [9.17, 15) is 0 Å². The lowest BCUT2D eigenvalue weighted by atomic mass is 9.94. The Morgan fingerprint density at radius 3 is 1.71 bits per heavy atom. The van der Waals surface area contributed by atoms with Gasteiger partial charge in [-0.25, -0.2) is 0 Å². The van der Waals surface area contributed by atoms with Crippen LogP contribution in [0.5, 0.6) is 5.75 Å². The van der Waals surface area contributed by atoms with Crippen LogP contribution >= 0.6 is 0 Å². The van der Waals surface area contributed by atoms with Gasteiger partial charge < -0.3 is 9.47 Å². The topological polar surface area (TPSA) is 18.5 Å². The normalized spacial score (nSPS) is 12.0. The molecule has 2 nitrogen and oxygen atoms in total. The summed E-state index contributed by atoms with van der Waals surface area (Å²) in [5, 5.41) is 0. The van der Waals surface area contributed by atoms with E-state index in [0.717, 1.165) is 31.8 Å². The summed E-state index contributed by atoms with van der Waals surface area (Å²) in [5.74, 6) is 0.946. The van der Waals surface area contributed by atoms with Crippen LogP contribution < -0.4 is 4.74 Å². The molecule has 0 aromatic heterocycles. The van der Waals surface area contributed by atoms with Crippen LogP contribution in [0.25, 0.3) is 22.3 Å². The van der Waals surface area contributed by atoms with Crippen molar-refractivity contribution in [1.82, 2.24) is 0 Å². The van der Waals surface area contributed by atoms with Gasteiger partial charge in [0.2, 0.25) is 0 Å². The largest absolute Gasteiger partial charge is 0.494 e. The fraction of sp³-hybridized carbons (Fsp3) is 0.455. The molecule has 0 N–H and O–H groups in total. The van der Waals surface area contributed by atoms with E-state index in [1.807, 2.05) is 0 Å². The van der Waals surface area contributed by atoms with Gasteiger partial charge in [0.15, 0.2) is 0 Å². The Bertz CT molecular complexity index is 959. The second kappa shape index (κ2) is 15.4. The highest BCUT2D eigenvalue weighted by Crippen LogP contribution is 2.33. The van der Waals surface area contributed by atoms with E-state index >= 15 is 0 Å². The summed E-state index contributed by atoms with van der Waals surface area (Å²) in [6.45, 7) is 8.27. The van der Waals surface area contributed by atoms with E-state index in [2.05, 4.69) is 93.6 Å². The van der Waals surface area contributed by atoms with Crippen LogP contribution in [0.1, 0.15) is 90.2 Å². The Balaban J connectivity index is 1.59. The third kappa shape index (κ3) is 8.85. The van der Waals surface area contributed by atoms with E-state index in [1.54, 1.807) is 0 Å². The van der Waals surface area contributed by atoms with Crippen molar-refractivity contribution < 1.29 is 9.47 Å². The van der Waals surface area contributed by atoms with Crippen LogP contribution in [0.15, 0.2) is 72.8 Å². The summed E-state index contributed by atoms with van der Waals surface area (Å²) < 4.78 is 12.0. The lowest BCUT2D eigenvalue weighted by Crippen LogP contribution is -2.02. The summed E-state index contributed by atoms with van der Waals surface area (Å²) >= 11 is 0. The molecule has 3 rings (SSSR count). The molecule has 0 aliphatic rings. The average molecular weight is 473 g/mol. The second-order valence-electron chi connectivity index (χ2n) is 9.53. The molecule has 0 spiro atoms. The smallest absolute Gasteiger partial charge is 0.119 e. The maximum atomic E-state index is 6.11. The van der Waals surface area contributed by atoms with Crippen LogP contribution in [-0.2, 0) is 4.74 Å². The summed E-state index contributed by atoms with van der Waals surface area (Å²) in [4.78, 5) is 0. The average Bonchev–Trinajstić information content (AvgIpc) is 2.91. The van der Waals surface area contributed by atoms with E-state index in [1.165, 1.54) is 72.8 Å². The predicted octanol–water partition coefficient (Wildman–Crippen LogP) is 10.0. The molecule has 2 heteroatoms. The SMILES string of the molecule is CCCCCCCCOC(C)c1ccc(-c2ccccc2-c2ccc(OCCCCC)cc2)cc1. The molecule has 188 valence electrons. The minimum atomic E-state index is 0.125. The van der Waals surface area contributed by atoms with Gasteiger partial charge in [-0.05, 0) is 59.7 Å². The Hall–Kier alpha value is -2.58. The Morgan fingerprint density at radius 2 is 1.09 bits per heavy atom. The Kier molecular flexibility index (Phi) is 11.9. The lowest BCUT2D eigenvalue weighted by molar-refractivity contribution is 0.0627. The maximum absolute atomic E-state index is 6.11. The molecule has 0 aliphatic heterocycles. The molecule has 0 saturated heterocycles. The quantitative estimate of drug-likeness (QED) is 0.193. The van der Waals surface area contributed by atoms with E-state index in [4.69, 9.17) is 9.47 Å². The first-order valence-corrected chi connectivity index (χ1v) is 13.8. The third-order valence-corrected chi connectivity index (χ3v) is 6.67. The summed E-state index contributed by atoms with van der Waals surface area (Å²) in [5.41, 5.74) is 6.16. The molecule has 0 radical (unpaired) electrons. The number of benzene rings is 3. The van der Waals surface area contributed by atoms with Crippen molar-refractivity contribution in [2.45, 2.75) is 84.7 Å². The number of rotatable bonds is 16. The zero-order valence-corrected chi connectivity index (χ0v) is 22.1. The maximum Gasteiger partial charge on any atom is 0.119 e. The highest BCUT2D eigenvalue weighted by atomic mass is 16.5. The first-order chi connectivity index (χ1) is 17.2. The second-order valence-corrected chi connectivity index (χ2v) is 9.53. The van der Waals surface area contributed by atoms with Gasteiger partial charge in [0, 0.05) is 6.61 Å². The van der Waals surface area contributed by atoms with Gasteiger partial charge in [-0.1, -0.05) is 119 Å². The molecule has 0 fully saturated rings. The molecule has 0 aliphatic carbocycles. The van der Waals surface area contributed by atoms with E-state index in [0.29, 0.717) is 0 Å². The van der Waals surface area contributed by atoms with Crippen LogP contribution in [-0.4, -0.2) is 13.2 Å². The Morgan fingerprint density at radius 1 is 0.571 bits per heavy atom. The van der Waals surface area contributed by atoms with Gasteiger partial charge in [0.25, 0.3) is 0 Å². The van der Waals surface area contributed by atoms with Crippen molar-refractivity contribution in [2.75, 3.05) is 13.2 Å². The summed E-state index contributed by atoms with van der Waals surface area (Å²) in [6.07, 6.45) is 11.4. The highest BCUT2D eigenvalue weighted by Gasteiger charge is 2.10. The molecular formula is C33H44O2. The molecular weight excluding hydrogens is 428 g/mol. The van der Waals surface area contributed by atoms with Crippen molar-refractivity contribution in [2.24, 2.45) is 0 Å². The van der Waals surface area contributed by atoms with Crippen molar-refractivity contribution in [3.63, 3.8) is 0 Å². The molecule has 3 aromatic carbocycles. The first-order valence-electron chi connectivity index (χ1n) is 13.8. The van der Waals surface area contributed by atoms with Crippen molar-refractivity contribution in [1.29, 1.82) is 0 Å². The minimum Gasteiger partial charge on any atom is -0.494 e. The zero-order chi connectivity index (χ0) is 24.7. The van der Waals surface area contributed by atoms with Gasteiger partial charge >= 0.3 is 0 Å². The molecule has 1 unspecified atom stereocenters. The number of hydrogen-bond donors (Lipinski definition) is 0. The molecule has 0 saturated carbocycles. The number of ether oxygens (including phenoxy) is 2. The van der Waals surface area contributed by atoms with Crippen LogP contribution in [0.3, 0.4) is 0 Å². The fourth-order valence-electron chi connectivity index (χ4n) is 4.43. The zero-order valence-electron chi connectivity index (χ0n) is 22.1. The minimum absolute atomic E-state index is 0.125. The first kappa shape index (κ1) is 27.0. The predicted molar refractivity (Wildman–Crippen MR) is 150 cm³/mol. The van der Waals surface area contributed by atoms with Crippen LogP contribution in [0.4, 0.5) is 0 Å².